The highest BCUT2D eigenvalue weighted by atomic mass is 16.6. The van der Waals surface area contributed by atoms with Gasteiger partial charge >= 0.3 is 11.9 Å². The molecule has 120 valence electrons. The molecule has 1 unspecified atom stereocenters. The molecule has 0 saturated carbocycles. The van der Waals surface area contributed by atoms with E-state index in [-0.39, 0.29) is 0 Å². The molecule has 23 heavy (non-hydrogen) atoms. The van der Waals surface area contributed by atoms with E-state index in [0.717, 1.165) is 18.4 Å². The molecular formula is C20H22O3. The fourth-order valence-electron chi connectivity index (χ4n) is 2.46. The Labute approximate surface area is 137 Å². The first-order chi connectivity index (χ1) is 11.0. The van der Waals surface area contributed by atoms with Crippen molar-refractivity contribution < 1.29 is 14.3 Å². The molecular weight excluding hydrogens is 288 g/mol. The molecule has 1 aromatic rings. The van der Waals surface area contributed by atoms with Gasteiger partial charge in [-0.15, -0.1) is 0 Å². The van der Waals surface area contributed by atoms with Crippen LogP contribution in [0, 0.1) is 5.92 Å². The van der Waals surface area contributed by atoms with Gasteiger partial charge in [0.2, 0.25) is 0 Å². The maximum atomic E-state index is 12.1. The molecule has 1 aliphatic rings. The number of carbonyl (C=O) groups excluding carboxylic acids is 2. The predicted molar refractivity (Wildman–Crippen MR) is 91.8 cm³/mol. The van der Waals surface area contributed by atoms with Crippen molar-refractivity contribution in [3.63, 3.8) is 0 Å². The van der Waals surface area contributed by atoms with Crippen LogP contribution < -0.4 is 0 Å². The highest BCUT2D eigenvalue weighted by molar-refractivity contribution is 6.02. The van der Waals surface area contributed by atoms with Crippen LogP contribution in [-0.2, 0) is 9.53 Å². The van der Waals surface area contributed by atoms with Crippen molar-refractivity contribution in [1.82, 2.24) is 0 Å². The van der Waals surface area contributed by atoms with Gasteiger partial charge in [0, 0.05) is 5.57 Å². The number of allylic oxidation sites excluding steroid dienone is 3. The van der Waals surface area contributed by atoms with Gasteiger partial charge in [-0.05, 0) is 42.9 Å². The molecule has 0 aromatic heterocycles. The normalized spacial score (nSPS) is 15.2. The molecule has 0 aliphatic heterocycles. The first-order valence-electron chi connectivity index (χ1n) is 7.93. The Balaban J connectivity index is 2.01. The topological polar surface area (TPSA) is 43.4 Å². The van der Waals surface area contributed by atoms with Crippen LogP contribution in [0.3, 0.4) is 0 Å². The van der Waals surface area contributed by atoms with Gasteiger partial charge in [-0.2, -0.15) is 0 Å². The van der Waals surface area contributed by atoms with Crippen molar-refractivity contribution in [3.05, 3.63) is 65.3 Å². The van der Waals surface area contributed by atoms with Gasteiger partial charge in [-0.3, -0.25) is 0 Å². The molecule has 1 aromatic carbocycles. The van der Waals surface area contributed by atoms with Crippen LogP contribution in [0.25, 0.3) is 6.08 Å². The quantitative estimate of drug-likeness (QED) is 0.584. The van der Waals surface area contributed by atoms with E-state index in [0.29, 0.717) is 23.5 Å². The summed E-state index contributed by atoms with van der Waals surface area (Å²) in [6.45, 7) is 7.98. The van der Waals surface area contributed by atoms with Crippen LogP contribution in [0.5, 0.6) is 0 Å². The molecule has 0 heterocycles. The van der Waals surface area contributed by atoms with Gasteiger partial charge in [0.15, 0.2) is 0 Å². The third-order valence-electron chi connectivity index (χ3n) is 4.26. The Morgan fingerprint density at radius 3 is 2.39 bits per heavy atom. The summed E-state index contributed by atoms with van der Waals surface area (Å²) in [5.74, 6) is -0.653. The van der Waals surface area contributed by atoms with Crippen LogP contribution in [0.1, 0.15) is 49.0 Å². The van der Waals surface area contributed by atoms with E-state index in [1.165, 1.54) is 5.57 Å². The van der Waals surface area contributed by atoms with Gasteiger partial charge in [0.05, 0.1) is 5.56 Å². The number of carbonyl (C=O) groups is 2. The van der Waals surface area contributed by atoms with Crippen LogP contribution in [-0.4, -0.2) is 11.9 Å². The molecule has 0 radical (unpaired) electrons. The minimum absolute atomic E-state index is 0.358. The number of benzene rings is 1. The van der Waals surface area contributed by atoms with Crippen LogP contribution in [0.4, 0.5) is 0 Å². The zero-order chi connectivity index (χ0) is 16.8. The van der Waals surface area contributed by atoms with Crippen molar-refractivity contribution >= 4 is 18.0 Å². The summed E-state index contributed by atoms with van der Waals surface area (Å²) in [5, 5.41) is 0. The van der Waals surface area contributed by atoms with E-state index in [1.807, 2.05) is 6.08 Å². The van der Waals surface area contributed by atoms with Crippen LogP contribution in [0.2, 0.25) is 0 Å². The van der Waals surface area contributed by atoms with Gasteiger partial charge in [0.1, 0.15) is 0 Å². The summed E-state index contributed by atoms with van der Waals surface area (Å²) >= 11 is 0. The molecule has 3 heteroatoms. The molecule has 1 aliphatic carbocycles. The minimum Gasteiger partial charge on any atom is -0.386 e. The second kappa shape index (κ2) is 7.73. The van der Waals surface area contributed by atoms with Crippen LogP contribution >= 0.6 is 0 Å². The number of ether oxygens (including phenoxy) is 1. The molecule has 0 bridgehead atoms. The van der Waals surface area contributed by atoms with Crippen molar-refractivity contribution in [3.8, 4) is 0 Å². The Hall–Kier alpha value is -2.42. The average molecular weight is 310 g/mol. The monoisotopic (exact) mass is 310 g/mol. The molecule has 1 atom stereocenters. The molecule has 2 rings (SSSR count). The molecule has 0 amide bonds. The Morgan fingerprint density at radius 1 is 1.17 bits per heavy atom. The zero-order valence-electron chi connectivity index (χ0n) is 13.7. The van der Waals surface area contributed by atoms with Gasteiger partial charge < -0.3 is 4.74 Å². The maximum Gasteiger partial charge on any atom is 0.346 e. The van der Waals surface area contributed by atoms with E-state index < -0.39 is 11.9 Å². The summed E-state index contributed by atoms with van der Waals surface area (Å²) < 4.78 is 4.97. The highest BCUT2D eigenvalue weighted by Gasteiger charge is 2.20. The fourth-order valence-corrected chi connectivity index (χ4v) is 2.46. The number of rotatable bonds is 5. The van der Waals surface area contributed by atoms with Crippen molar-refractivity contribution in [1.29, 1.82) is 0 Å². The molecule has 3 nitrogen and oxygen atoms in total. The Kier molecular flexibility index (Phi) is 5.69. The largest absolute Gasteiger partial charge is 0.386 e. The average Bonchev–Trinajstić information content (AvgIpc) is 2.61. The predicted octanol–water partition coefficient (Wildman–Crippen LogP) is 4.71. The summed E-state index contributed by atoms with van der Waals surface area (Å²) in [4.78, 5) is 24.1. The Morgan fingerprint density at radius 2 is 1.87 bits per heavy atom. The first kappa shape index (κ1) is 16.9. The van der Waals surface area contributed by atoms with Crippen molar-refractivity contribution in [2.75, 3.05) is 0 Å². The zero-order valence-corrected chi connectivity index (χ0v) is 13.7. The van der Waals surface area contributed by atoms with Gasteiger partial charge in [-0.1, -0.05) is 56.4 Å². The van der Waals surface area contributed by atoms with E-state index in [2.05, 4.69) is 20.4 Å². The number of hydrogen-bond acceptors (Lipinski definition) is 3. The molecule has 0 N–H and O–H groups in total. The smallest absolute Gasteiger partial charge is 0.346 e. The second-order valence-corrected chi connectivity index (χ2v) is 5.75. The molecule has 0 spiro atoms. The Bertz CT molecular complexity index is 663. The van der Waals surface area contributed by atoms with E-state index >= 15 is 0 Å². The van der Waals surface area contributed by atoms with Gasteiger partial charge in [-0.25, -0.2) is 9.59 Å². The van der Waals surface area contributed by atoms with Crippen molar-refractivity contribution in [2.45, 2.75) is 33.1 Å². The lowest BCUT2D eigenvalue weighted by molar-refractivity contribution is -0.133. The van der Waals surface area contributed by atoms with E-state index in [9.17, 15) is 9.59 Å². The van der Waals surface area contributed by atoms with Gasteiger partial charge in [0.25, 0.3) is 0 Å². The lowest BCUT2D eigenvalue weighted by atomic mass is 9.89. The number of esters is 2. The molecule has 0 saturated heterocycles. The standard InChI is InChI=1S/C20H22O3/c1-4-14(3)16-10-12-18(13-11-16)20(22)23-19(21)17-8-6-15(5-2)7-9-17/h5-10,12,14H,2,4,11,13H2,1,3H3. The third-order valence-corrected chi connectivity index (χ3v) is 4.26. The minimum atomic E-state index is -0.622. The third kappa shape index (κ3) is 4.28. The summed E-state index contributed by atoms with van der Waals surface area (Å²) in [7, 11) is 0. The molecule has 0 fully saturated rings. The van der Waals surface area contributed by atoms with E-state index in [4.69, 9.17) is 4.74 Å². The van der Waals surface area contributed by atoms with E-state index in [1.54, 1.807) is 36.4 Å². The summed E-state index contributed by atoms with van der Waals surface area (Å²) in [5.41, 5.74) is 3.16. The fraction of sp³-hybridized carbons (Fsp3) is 0.300. The maximum absolute atomic E-state index is 12.1. The SMILES string of the molecule is C=Cc1ccc(C(=O)OC(=O)C2=CC=C(C(C)CC)CC2)cc1. The first-order valence-corrected chi connectivity index (χ1v) is 7.93. The lowest BCUT2D eigenvalue weighted by Crippen LogP contribution is -2.16. The lowest BCUT2D eigenvalue weighted by Gasteiger charge is -2.18. The van der Waals surface area contributed by atoms with Crippen molar-refractivity contribution in [2.24, 2.45) is 5.92 Å². The summed E-state index contributed by atoms with van der Waals surface area (Å²) in [6, 6.07) is 6.77. The van der Waals surface area contributed by atoms with Crippen LogP contribution in [0.15, 0.2) is 54.1 Å². The summed E-state index contributed by atoms with van der Waals surface area (Å²) in [6.07, 6.45) is 8.00. The number of hydrogen-bond donors (Lipinski definition) is 0. The second-order valence-electron chi connectivity index (χ2n) is 5.75. The highest BCUT2D eigenvalue weighted by Crippen LogP contribution is 2.26.